The molecule has 1 fully saturated rings. The molecule has 1 aliphatic rings. The van der Waals surface area contributed by atoms with Gasteiger partial charge in [-0.1, -0.05) is 29.4 Å². The van der Waals surface area contributed by atoms with Crippen LogP contribution < -0.4 is 4.90 Å². The third kappa shape index (κ3) is 3.63. The van der Waals surface area contributed by atoms with E-state index in [2.05, 4.69) is 47.1 Å². The topological polar surface area (TPSA) is 62.5 Å². The van der Waals surface area contributed by atoms with Gasteiger partial charge in [-0.15, -0.1) is 0 Å². The Morgan fingerprint density at radius 1 is 1.00 bits per heavy atom. The van der Waals surface area contributed by atoms with Gasteiger partial charge in [0.25, 0.3) is 5.91 Å². The maximum atomic E-state index is 13.0. The zero-order valence-electron chi connectivity index (χ0n) is 16.5. The summed E-state index contributed by atoms with van der Waals surface area (Å²) in [5.74, 6) is 1.06. The molecule has 4 rings (SSSR count). The van der Waals surface area contributed by atoms with Gasteiger partial charge in [-0.25, -0.2) is 0 Å². The van der Waals surface area contributed by atoms with Crippen molar-refractivity contribution in [3.63, 3.8) is 0 Å². The monoisotopic (exact) mass is 376 g/mol. The summed E-state index contributed by atoms with van der Waals surface area (Å²) in [5, 5.41) is 3.94. The van der Waals surface area contributed by atoms with E-state index in [4.69, 9.17) is 4.52 Å². The molecule has 0 spiro atoms. The molecule has 144 valence electrons. The fraction of sp³-hybridized carbons (Fsp3) is 0.318. The van der Waals surface area contributed by atoms with Crippen LogP contribution in [0.5, 0.6) is 0 Å². The van der Waals surface area contributed by atoms with Crippen LogP contribution >= 0.6 is 0 Å². The van der Waals surface area contributed by atoms with E-state index >= 15 is 0 Å². The molecule has 1 aliphatic heterocycles. The summed E-state index contributed by atoms with van der Waals surface area (Å²) in [6, 6.07) is 14.0. The van der Waals surface area contributed by atoms with Crippen molar-refractivity contribution in [2.24, 2.45) is 0 Å². The minimum absolute atomic E-state index is 0.0441. The molecule has 0 N–H and O–H groups in total. The second-order valence-electron chi connectivity index (χ2n) is 7.29. The summed E-state index contributed by atoms with van der Waals surface area (Å²) < 4.78 is 5.05. The highest BCUT2D eigenvalue weighted by molar-refractivity contribution is 5.95. The molecule has 0 atom stereocenters. The molecule has 1 aromatic heterocycles. The van der Waals surface area contributed by atoms with Crippen LogP contribution in [-0.2, 0) is 0 Å². The average molecular weight is 376 g/mol. The molecule has 1 amide bonds. The number of carbonyl (C=O) groups excluding carboxylic acids is 1. The van der Waals surface area contributed by atoms with Gasteiger partial charge in [-0.3, -0.25) is 4.79 Å². The summed E-state index contributed by atoms with van der Waals surface area (Å²) in [6.07, 6.45) is 0. The number of anilines is 1. The van der Waals surface area contributed by atoms with Gasteiger partial charge in [-0.2, -0.15) is 4.98 Å². The predicted molar refractivity (Wildman–Crippen MR) is 109 cm³/mol. The molecule has 3 aromatic rings. The molecule has 0 saturated carbocycles. The Balaban J connectivity index is 1.46. The number of aromatic nitrogens is 2. The van der Waals surface area contributed by atoms with Gasteiger partial charge in [0, 0.05) is 49.9 Å². The third-order valence-electron chi connectivity index (χ3n) is 5.17. The molecule has 0 bridgehead atoms. The summed E-state index contributed by atoms with van der Waals surface area (Å²) in [4.78, 5) is 21.5. The Morgan fingerprint density at radius 2 is 1.79 bits per heavy atom. The quantitative estimate of drug-likeness (QED) is 0.699. The lowest BCUT2D eigenvalue weighted by Crippen LogP contribution is -2.49. The van der Waals surface area contributed by atoms with Gasteiger partial charge in [0.1, 0.15) is 0 Å². The van der Waals surface area contributed by atoms with Crippen molar-refractivity contribution < 1.29 is 9.32 Å². The number of hydrogen-bond donors (Lipinski definition) is 0. The molecule has 6 heteroatoms. The van der Waals surface area contributed by atoms with Crippen LogP contribution in [-0.4, -0.2) is 47.1 Å². The number of carbonyl (C=O) groups is 1. The van der Waals surface area contributed by atoms with Crippen molar-refractivity contribution >= 4 is 11.6 Å². The second-order valence-corrected chi connectivity index (χ2v) is 7.29. The molecular formula is C22H24N4O2. The lowest BCUT2D eigenvalue weighted by atomic mass is 10.1. The first-order chi connectivity index (χ1) is 13.5. The normalized spacial score (nSPS) is 14.4. The standard InChI is InChI=1S/C22H24N4O2/c1-15-7-8-16(2)20(13-15)25-9-11-26(12-10-25)22(27)19-6-4-5-18(14-19)21-23-17(3)28-24-21/h4-8,13-14H,9-12H2,1-3H3. The highest BCUT2D eigenvalue weighted by atomic mass is 16.5. The van der Waals surface area contributed by atoms with Crippen LogP contribution in [0.1, 0.15) is 27.4 Å². The van der Waals surface area contributed by atoms with Crippen molar-refractivity contribution in [3.8, 4) is 11.4 Å². The molecule has 1 saturated heterocycles. The summed E-state index contributed by atoms with van der Waals surface area (Å²) in [5.41, 5.74) is 5.24. The number of nitrogens with zero attached hydrogens (tertiary/aromatic N) is 4. The SMILES string of the molecule is Cc1ccc(C)c(N2CCN(C(=O)c3cccc(-c4noc(C)n4)c3)CC2)c1. The number of piperazine rings is 1. The fourth-order valence-corrected chi connectivity index (χ4v) is 3.60. The summed E-state index contributed by atoms with van der Waals surface area (Å²) >= 11 is 0. The van der Waals surface area contributed by atoms with Crippen LogP contribution in [0.15, 0.2) is 47.0 Å². The van der Waals surface area contributed by atoms with E-state index in [9.17, 15) is 4.79 Å². The largest absolute Gasteiger partial charge is 0.368 e. The van der Waals surface area contributed by atoms with Crippen LogP contribution in [0.3, 0.4) is 0 Å². The fourth-order valence-electron chi connectivity index (χ4n) is 3.60. The van der Waals surface area contributed by atoms with Crippen molar-refractivity contribution in [2.45, 2.75) is 20.8 Å². The van der Waals surface area contributed by atoms with Gasteiger partial charge in [0.05, 0.1) is 0 Å². The third-order valence-corrected chi connectivity index (χ3v) is 5.17. The van der Waals surface area contributed by atoms with Crippen molar-refractivity contribution in [1.29, 1.82) is 0 Å². The molecule has 0 unspecified atom stereocenters. The first-order valence-electron chi connectivity index (χ1n) is 9.53. The van der Waals surface area contributed by atoms with Gasteiger partial charge < -0.3 is 14.3 Å². The van der Waals surface area contributed by atoms with E-state index in [1.54, 1.807) is 6.92 Å². The van der Waals surface area contributed by atoms with Crippen LogP contribution in [0.2, 0.25) is 0 Å². The number of hydrogen-bond acceptors (Lipinski definition) is 5. The lowest BCUT2D eigenvalue weighted by molar-refractivity contribution is 0.0747. The van der Waals surface area contributed by atoms with Gasteiger partial charge in [0.2, 0.25) is 11.7 Å². The Bertz CT molecular complexity index is 1000. The smallest absolute Gasteiger partial charge is 0.253 e. The molecular weight excluding hydrogens is 352 g/mol. The first-order valence-corrected chi connectivity index (χ1v) is 9.53. The molecule has 28 heavy (non-hydrogen) atoms. The molecule has 0 radical (unpaired) electrons. The average Bonchev–Trinajstić information content (AvgIpc) is 3.16. The summed E-state index contributed by atoms with van der Waals surface area (Å²) in [7, 11) is 0. The number of rotatable bonds is 3. The van der Waals surface area contributed by atoms with Crippen LogP contribution in [0, 0.1) is 20.8 Å². The Hall–Kier alpha value is -3.15. The van der Waals surface area contributed by atoms with Crippen LogP contribution in [0.4, 0.5) is 5.69 Å². The molecule has 0 aliphatic carbocycles. The zero-order chi connectivity index (χ0) is 19.7. The van der Waals surface area contributed by atoms with E-state index < -0.39 is 0 Å². The van der Waals surface area contributed by atoms with Gasteiger partial charge >= 0.3 is 0 Å². The second kappa shape index (κ2) is 7.46. The van der Waals surface area contributed by atoms with Crippen molar-refractivity contribution in [3.05, 3.63) is 65.0 Å². The minimum Gasteiger partial charge on any atom is -0.368 e. The van der Waals surface area contributed by atoms with Gasteiger partial charge in [0.15, 0.2) is 0 Å². The van der Waals surface area contributed by atoms with E-state index in [0.29, 0.717) is 30.4 Å². The van der Waals surface area contributed by atoms with E-state index in [1.165, 1.54) is 16.8 Å². The van der Waals surface area contributed by atoms with Crippen molar-refractivity contribution in [1.82, 2.24) is 15.0 Å². The number of amides is 1. The summed E-state index contributed by atoms with van der Waals surface area (Å²) in [6.45, 7) is 9.08. The Labute approximate surface area is 164 Å². The highest BCUT2D eigenvalue weighted by Gasteiger charge is 2.23. The first kappa shape index (κ1) is 18.2. The number of benzene rings is 2. The predicted octanol–water partition coefficient (Wildman–Crippen LogP) is 3.62. The van der Waals surface area contributed by atoms with E-state index in [-0.39, 0.29) is 5.91 Å². The maximum Gasteiger partial charge on any atom is 0.253 e. The Kier molecular flexibility index (Phi) is 4.86. The van der Waals surface area contributed by atoms with E-state index in [1.807, 2.05) is 29.2 Å². The lowest BCUT2D eigenvalue weighted by Gasteiger charge is -2.37. The number of aryl methyl sites for hydroxylation is 3. The maximum absolute atomic E-state index is 13.0. The minimum atomic E-state index is 0.0441. The molecule has 6 nitrogen and oxygen atoms in total. The van der Waals surface area contributed by atoms with Crippen LogP contribution in [0.25, 0.3) is 11.4 Å². The van der Waals surface area contributed by atoms with Gasteiger partial charge in [-0.05, 0) is 43.2 Å². The van der Waals surface area contributed by atoms with E-state index in [0.717, 1.165) is 18.7 Å². The Morgan fingerprint density at radius 3 is 2.50 bits per heavy atom. The highest BCUT2D eigenvalue weighted by Crippen LogP contribution is 2.24. The van der Waals surface area contributed by atoms with Crippen molar-refractivity contribution in [2.75, 3.05) is 31.1 Å². The molecule has 2 aromatic carbocycles. The zero-order valence-corrected chi connectivity index (χ0v) is 16.5. The molecule has 2 heterocycles.